The van der Waals surface area contributed by atoms with Crippen molar-refractivity contribution in [1.82, 2.24) is 4.57 Å². The van der Waals surface area contributed by atoms with Crippen molar-refractivity contribution in [2.75, 3.05) is 22.4 Å². The van der Waals surface area contributed by atoms with Crippen LogP contribution in [-0.4, -0.2) is 31.7 Å². The van der Waals surface area contributed by atoms with Crippen LogP contribution in [0, 0.1) is 6.92 Å². The Labute approximate surface area is 205 Å². The number of nitrogens with one attached hydrogen (secondary N) is 1. The number of carbonyl (C=O) groups excluding carboxylic acids is 1. The van der Waals surface area contributed by atoms with E-state index < -0.39 is 10.0 Å². The molecular weight excluding hydrogens is 470 g/mol. The van der Waals surface area contributed by atoms with Gasteiger partial charge >= 0.3 is 0 Å². The number of para-hydroxylation sites is 1. The van der Waals surface area contributed by atoms with Gasteiger partial charge in [0.15, 0.2) is 0 Å². The highest BCUT2D eigenvalue weighted by Gasteiger charge is 2.20. The number of aryl methyl sites for hydroxylation is 2. The molecule has 178 valence electrons. The van der Waals surface area contributed by atoms with E-state index in [2.05, 4.69) is 28.9 Å². The monoisotopic (exact) mass is 497 g/mol. The molecule has 4 aromatic rings. The van der Waals surface area contributed by atoms with Gasteiger partial charge in [0.2, 0.25) is 15.9 Å². The molecule has 0 bridgehead atoms. The molecule has 4 rings (SSSR count). The van der Waals surface area contributed by atoms with Crippen LogP contribution in [0.3, 0.4) is 0 Å². The molecule has 6 nitrogen and oxygen atoms in total. The Morgan fingerprint density at radius 2 is 1.76 bits per heavy atom. The Morgan fingerprint density at radius 3 is 2.50 bits per heavy atom. The first-order chi connectivity index (χ1) is 16.2. The lowest BCUT2D eigenvalue weighted by Crippen LogP contribution is -2.32. The Bertz CT molecular complexity index is 1480. The van der Waals surface area contributed by atoms with Crippen LogP contribution in [0.5, 0.6) is 0 Å². The van der Waals surface area contributed by atoms with Crippen molar-refractivity contribution in [1.29, 1.82) is 0 Å². The van der Waals surface area contributed by atoms with Crippen LogP contribution in [0.2, 0.25) is 5.02 Å². The summed E-state index contributed by atoms with van der Waals surface area (Å²) in [5.74, 6) is -0.158. The lowest BCUT2D eigenvalue weighted by molar-refractivity contribution is -0.116. The molecule has 3 aromatic carbocycles. The minimum absolute atomic E-state index is 0.158. The van der Waals surface area contributed by atoms with Gasteiger partial charge in [0.05, 0.1) is 11.9 Å². The van der Waals surface area contributed by atoms with Crippen LogP contribution in [0.15, 0.2) is 60.7 Å². The fourth-order valence-corrected chi connectivity index (χ4v) is 5.58. The van der Waals surface area contributed by atoms with E-state index >= 15 is 0 Å². The van der Waals surface area contributed by atoms with Gasteiger partial charge in [0, 0.05) is 52.0 Å². The summed E-state index contributed by atoms with van der Waals surface area (Å²) in [6.07, 6.45) is 1.73. The van der Waals surface area contributed by atoms with Gasteiger partial charge < -0.3 is 9.88 Å². The van der Waals surface area contributed by atoms with Crippen molar-refractivity contribution in [3.05, 3.63) is 71.2 Å². The van der Waals surface area contributed by atoms with Crippen molar-refractivity contribution in [3.8, 4) is 0 Å². The third kappa shape index (κ3) is 4.91. The molecule has 0 radical (unpaired) electrons. The molecular formula is C26H28ClN3O3S. The minimum atomic E-state index is -3.52. The average molecular weight is 498 g/mol. The van der Waals surface area contributed by atoms with Gasteiger partial charge in [-0.1, -0.05) is 35.9 Å². The van der Waals surface area contributed by atoms with Crippen LogP contribution in [0.1, 0.15) is 25.3 Å². The van der Waals surface area contributed by atoms with Crippen LogP contribution in [-0.2, 0) is 21.4 Å². The molecule has 0 unspecified atom stereocenters. The smallest absolute Gasteiger partial charge is 0.232 e. The number of rotatable bonds is 8. The number of carbonyl (C=O) groups is 1. The average Bonchev–Trinajstić information content (AvgIpc) is 3.11. The van der Waals surface area contributed by atoms with Gasteiger partial charge in [0.25, 0.3) is 0 Å². The zero-order valence-electron chi connectivity index (χ0n) is 19.5. The largest absolute Gasteiger partial charge is 0.341 e. The number of fused-ring (bicyclic) bond motifs is 3. The van der Waals surface area contributed by atoms with Gasteiger partial charge in [-0.05, 0) is 62.2 Å². The Balaban J connectivity index is 1.47. The van der Waals surface area contributed by atoms with Crippen molar-refractivity contribution in [2.24, 2.45) is 0 Å². The maximum Gasteiger partial charge on any atom is 0.232 e. The predicted molar refractivity (Wildman–Crippen MR) is 141 cm³/mol. The molecule has 0 atom stereocenters. The second-order valence-electron chi connectivity index (χ2n) is 8.41. The minimum Gasteiger partial charge on any atom is -0.341 e. The lowest BCUT2D eigenvalue weighted by atomic mass is 10.1. The number of nitrogens with zero attached hydrogens (tertiary/aromatic N) is 2. The molecule has 0 aliphatic rings. The molecule has 8 heteroatoms. The summed E-state index contributed by atoms with van der Waals surface area (Å²) in [7, 11) is -3.52. The van der Waals surface area contributed by atoms with Gasteiger partial charge in [-0.25, -0.2) is 8.42 Å². The van der Waals surface area contributed by atoms with Gasteiger partial charge in [0.1, 0.15) is 0 Å². The van der Waals surface area contributed by atoms with E-state index in [9.17, 15) is 13.2 Å². The molecule has 0 saturated heterocycles. The number of anilines is 2. The summed E-state index contributed by atoms with van der Waals surface area (Å²) in [6, 6.07) is 19.3. The Kier molecular flexibility index (Phi) is 6.86. The molecule has 0 spiro atoms. The first-order valence-corrected chi connectivity index (χ1v) is 13.5. The van der Waals surface area contributed by atoms with Crippen LogP contribution in [0.25, 0.3) is 21.8 Å². The zero-order chi connectivity index (χ0) is 24.5. The van der Waals surface area contributed by atoms with Crippen molar-refractivity contribution >= 4 is 60.7 Å². The molecule has 1 heterocycles. The van der Waals surface area contributed by atoms with E-state index in [1.807, 2.05) is 37.3 Å². The van der Waals surface area contributed by atoms with E-state index in [0.717, 1.165) is 40.3 Å². The molecule has 0 aliphatic carbocycles. The summed E-state index contributed by atoms with van der Waals surface area (Å²) in [5, 5.41) is 5.67. The first-order valence-electron chi connectivity index (χ1n) is 11.2. The molecule has 1 aromatic heterocycles. The second kappa shape index (κ2) is 9.68. The molecule has 1 N–H and O–H groups in total. The number of benzene rings is 3. The molecule has 0 aliphatic heterocycles. The first kappa shape index (κ1) is 24.1. The second-order valence-corrected chi connectivity index (χ2v) is 10.8. The van der Waals surface area contributed by atoms with Gasteiger partial charge in [-0.2, -0.15) is 0 Å². The quantitative estimate of drug-likeness (QED) is 0.326. The number of hydrogen-bond donors (Lipinski definition) is 1. The van der Waals surface area contributed by atoms with Crippen LogP contribution < -0.4 is 9.62 Å². The number of hydrogen-bond acceptors (Lipinski definition) is 3. The molecule has 1 amide bonds. The fraction of sp³-hybridized carbons (Fsp3) is 0.269. The highest BCUT2D eigenvalue weighted by Crippen LogP contribution is 2.31. The van der Waals surface area contributed by atoms with Crippen LogP contribution in [0.4, 0.5) is 11.4 Å². The molecule has 0 fully saturated rings. The lowest BCUT2D eigenvalue weighted by Gasteiger charge is -2.24. The van der Waals surface area contributed by atoms with E-state index in [-0.39, 0.29) is 18.9 Å². The van der Waals surface area contributed by atoms with Crippen molar-refractivity contribution in [3.63, 3.8) is 0 Å². The summed E-state index contributed by atoms with van der Waals surface area (Å²) < 4.78 is 28.4. The SMILES string of the molecule is CCn1c2ccccc2c2cc(NC(=O)CCCN(c3cc(Cl)ccc3C)S(C)(=O)=O)ccc21. The van der Waals surface area contributed by atoms with E-state index in [4.69, 9.17) is 11.6 Å². The zero-order valence-corrected chi connectivity index (χ0v) is 21.1. The van der Waals surface area contributed by atoms with Crippen LogP contribution >= 0.6 is 11.6 Å². The summed E-state index contributed by atoms with van der Waals surface area (Å²) in [6.45, 7) is 5.00. The normalized spacial score (nSPS) is 11.8. The standard InChI is InChI=1S/C26H28ClN3O3S/c1-4-29-23-9-6-5-8-21(23)22-17-20(13-14-24(22)29)28-26(31)10-7-15-30(34(3,32)33)25-16-19(27)12-11-18(25)2/h5-6,8-9,11-14,16-17H,4,7,10,15H2,1-3H3,(H,28,31). The maximum absolute atomic E-state index is 12.7. The van der Waals surface area contributed by atoms with Crippen molar-refractivity contribution in [2.45, 2.75) is 33.2 Å². The highest BCUT2D eigenvalue weighted by atomic mass is 35.5. The molecule has 34 heavy (non-hydrogen) atoms. The van der Waals surface area contributed by atoms with E-state index in [1.165, 1.54) is 9.82 Å². The third-order valence-corrected chi connectivity index (χ3v) is 7.39. The number of halogens is 1. The number of amides is 1. The van der Waals surface area contributed by atoms with Gasteiger partial charge in [-0.15, -0.1) is 0 Å². The summed E-state index contributed by atoms with van der Waals surface area (Å²) in [4.78, 5) is 12.7. The Morgan fingerprint density at radius 1 is 1.03 bits per heavy atom. The highest BCUT2D eigenvalue weighted by molar-refractivity contribution is 7.92. The third-order valence-electron chi connectivity index (χ3n) is 5.98. The summed E-state index contributed by atoms with van der Waals surface area (Å²) >= 11 is 6.09. The topological polar surface area (TPSA) is 71.4 Å². The predicted octanol–water partition coefficient (Wildman–Crippen LogP) is 5.96. The van der Waals surface area contributed by atoms with E-state index in [1.54, 1.807) is 18.2 Å². The van der Waals surface area contributed by atoms with E-state index in [0.29, 0.717) is 17.1 Å². The van der Waals surface area contributed by atoms with Crippen molar-refractivity contribution < 1.29 is 13.2 Å². The Hall–Kier alpha value is -3.03. The maximum atomic E-state index is 12.7. The van der Waals surface area contributed by atoms with Gasteiger partial charge in [-0.3, -0.25) is 9.10 Å². The summed E-state index contributed by atoms with van der Waals surface area (Å²) in [5.41, 5.74) is 4.36. The number of aromatic nitrogens is 1. The molecule has 0 saturated carbocycles. The number of sulfonamides is 1. The fourth-order valence-electron chi connectivity index (χ4n) is 4.39.